The molecule has 2 aromatic rings. The maximum absolute atomic E-state index is 13.0. The zero-order valence-electron chi connectivity index (χ0n) is 11.7. The molecule has 2 N–H and O–H groups in total. The van der Waals surface area contributed by atoms with Gasteiger partial charge in [-0.05, 0) is 42.0 Å². The third-order valence-corrected chi connectivity index (χ3v) is 3.83. The summed E-state index contributed by atoms with van der Waals surface area (Å²) in [6.45, 7) is 0. The Morgan fingerprint density at radius 1 is 0.957 bits per heavy atom. The Morgan fingerprint density at radius 3 is 2.04 bits per heavy atom. The van der Waals surface area contributed by atoms with E-state index < -0.39 is 29.6 Å². The first-order valence-electron chi connectivity index (χ1n) is 6.80. The highest BCUT2D eigenvalue weighted by molar-refractivity contribution is 6.05. The number of hydrogen-bond donors (Lipinski definition) is 1. The molecule has 2 aromatic carbocycles. The van der Waals surface area contributed by atoms with Crippen LogP contribution in [-0.2, 0) is 11.0 Å². The predicted molar refractivity (Wildman–Crippen MR) is 76.0 cm³/mol. The number of alkyl halides is 3. The number of β-lactam (4-membered cyclic amide) rings is 1. The molecule has 1 fully saturated rings. The highest BCUT2D eigenvalue weighted by Gasteiger charge is 2.46. The van der Waals surface area contributed by atoms with Crippen molar-refractivity contribution in [2.45, 2.75) is 18.3 Å². The minimum Gasteiger partial charge on any atom is -0.318 e. The quantitative estimate of drug-likeness (QED) is 0.681. The van der Waals surface area contributed by atoms with Crippen molar-refractivity contribution in [1.82, 2.24) is 0 Å². The van der Waals surface area contributed by atoms with Crippen LogP contribution in [0.4, 0.5) is 23.2 Å². The maximum Gasteiger partial charge on any atom is 0.416 e. The van der Waals surface area contributed by atoms with Gasteiger partial charge in [-0.1, -0.05) is 12.1 Å². The summed E-state index contributed by atoms with van der Waals surface area (Å²) in [6, 6.07) is 8.36. The van der Waals surface area contributed by atoms with E-state index in [0.717, 1.165) is 12.1 Å². The molecule has 1 aliphatic heterocycles. The predicted octanol–water partition coefficient (Wildman–Crippen LogP) is 3.26. The fraction of sp³-hybridized carbons (Fsp3) is 0.188. The number of rotatable bonds is 2. The van der Waals surface area contributed by atoms with Gasteiger partial charge in [0.1, 0.15) is 11.9 Å². The van der Waals surface area contributed by atoms with Crippen molar-refractivity contribution in [2.24, 2.45) is 5.73 Å². The number of nitrogens with zero attached hydrogens (tertiary/aromatic N) is 1. The molecule has 1 saturated heterocycles. The van der Waals surface area contributed by atoms with Gasteiger partial charge < -0.3 is 10.6 Å². The van der Waals surface area contributed by atoms with Crippen molar-refractivity contribution in [3.63, 3.8) is 0 Å². The van der Waals surface area contributed by atoms with Gasteiger partial charge in [-0.15, -0.1) is 0 Å². The zero-order valence-corrected chi connectivity index (χ0v) is 11.7. The van der Waals surface area contributed by atoms with Gasteiger partial charge in [0.15, 0.2) is 0 Å². The molecule has 0 bridgehead atoms. The molecule has 2 atom stereocenters. The second-order valence-corrected chi connectivity index (χ2v) is 5.28. The van der Waals surface area contributed by atoms with Crippen LogP contribution in [0.15, 0.2) is 48.5 Å². The van der Waals surface area contributed by atoms with Gasteiger partial charge in [-0.2, -0.15) is 13.2 Å². The molecule has 23 heavy (non-hydrogen) atoms. The van der Waals surface area contributed by atoms with Crippen molar-refractivity contribution in [3.8, 4) is 0 Å². The second kappa shape index (κ2) is 5.34. The lowest BCUT2D eigenvalue weighted by Crippen LogP contribution is -2.63. The lowest BCUT2D eigenvalue weighted by Gasteiger charge is -2.45. The summed E-state index contributed by atoms with van der Waals surface area (Å²) in [6.07, 6.45) is -4.42. The fourth-order valence-corrected chi connectivity index (χ4v) is 2.63. The number of hydrogen-bond acceptors (Lipinski definition) is 2. The summed E-state index contributed by atoms with van der Waals surface area (Å²) >= 11 is 0. The number of carbonyl (C=O) groups excluding carboxylic acids is 1. The molecule has 3 nitrogen and oxygen atoms in total. The van der Waals surface area contributed by atoms with Crippen LogP contribution >= 0.6 is 0 Å². The molecule has 0 radical (unpaired) electrons. The molecule has 120 valence electrons. The highest BCUT2D eigenvalue weighted by atomic mass is 19.4. The number of halogens is 4. The molecule has 1 heterocycles. The summed E-state index contributed by atoms with van der Waals surface area (Å²) in [7, 11) is 0. The topological polar surface area (TPSA) is 46.3 Å². The molecule has 0 spiro atoms. The van der Waals surface area contributed by atoms with E-state index in [9.17, 15) is 22.4 Å². The molecule has 0 aliphatic carbocycles. The standard InChI is InChI=1S/C16H12F4N2O/c17-11-5-7-12(8-6-11)22-14(13(21)15(22)23)9-1-3-10(4-2-9)16(18,19)20/h1-8,13-14H,21H2/t13-,14+/m0/s1. The Balaban J connectivity index is 1.91. The van der Waals surface area contributed by atoms with Crippen LogP contribution in [0.5, 0.6) is 0 Å². The van der Waals surface area contributed by atoms with E-state index in [2.05, 4.69) is 0 Å². The van der Waals surface area contributed by atoms with Crippen molar-refractivity contribution in [1.29, 1.82) is 0 Å². The van der Waals surface area contributed by atoms with Crippen molar-refractivity contribution >= 4 is 11.6 Å². The van der Waals surface area contributed by atoms with Gasteiger partial charge >= 0.3 is 6.18 Å². The molecule has 0 saturated carbocycles. The van der Waals surface area contributed by atoms with Crippen LogP contribution in [0.1, 0.15) is 17.2 Å². The molecule has 7 heteroatoms. The SMILES string of the molecule is N[C@@H]1C(=O)N(c2ccc(F)cc2)[C@@H]1c1ccc(C(F)(F)F)cc1. The van der Waals surface area contributed by atoms with Gasteiger partial charge in [0.05, 0.1) is 11.6 Å². The summed E-state index contributed by atoms with van der Waals surface area (Å²) in [5, 5.41) is 0. The molecular weight excluding hydrogens is 312 g/mol. The van der Waals surface area contributed by atoms with Gasteiger partial charge in [0.25, 0.3) is 0 Å². The molecule has 0 aromatic heterocycles. The van der Waals surface area contributed by atoms with Crippen LogP contribution in [0, 0.1) is 5.82 Å². The van der Waals surface area contributed by atoms with Crippen molar-refractivity contribution in [3.05, 3.63) is 65.5 Å². The summed E-state index contributed by atoms with van der Waals surface area (Å²) < 4.78 is 50.8. The summed E-state index contributed by atoms with van der Waals surface area (Å²) in [5.41, 5.74) is 5.96. The van der Waals surface area contributed by atoms with E-state index in [1.165, 1.54) is 41.3 Å². The second-order valence-electron chi connectivity index (χ2n) is 5.28. The summed E-state index contributed by atoms with van der Waals surface area (Å²) in [5.74, 6) is -0.807. The average molecular weight is 324 g/mol. The molecule has 1 aliphatic rings. The lowest BCUT2D eigenvalue weighted by atomic mass is 9.88. The van der Waals surface area contributed by atoms with Crippen molar-refractivity contribution in [2.75, 3.05) is 4.90 Å². The minimum absolute atomic E-state index is 0.360. The minimum atomic E-state index is -4.42. The Bertz CT molecular complexity index is 725. The Labute approximate surface area is 129 Å². The van der Waals surface area contributed by atoms with Crippen molar-refractivity contribution < 1.29 is 22.4 Å². The number of nitrogens with two attached hydrogens (primary N) is 1. The maximum atomic E-state index is 13.0. The first-order valence-corrected chi connectivity index (χ1v) is 6.80. The average Bonchev–Trinajstić information content (AvgIpc) is 2.52. The summed E-state index contributed by atoms with van der Waals surface area (Å²) in [4.78, 5) is 13.3. The van der Waals surface area contributed by atoms with Crippen LogP contribution < -0.4 is 10.6 Å². The number of anilines is 1. The first-order chi connectivity index (χ1) is 10.8. The Morgan fingerprint density at radius 2 is 1.52 bits per heavy atom. The third kappa shape index (κ3) is 2.68. The van der Waals surface area contributed by atoms with E-state index in [1.54, 1.807) is 0 Å². The van der Waals surface area contributed by atoms with Gasteiger partial charge in [0.2, 0.25) is 5.91 Å². The normalized spacial score (nSPS) is 21.3. The smallest absolute Gasteiger partial charge is 0.318 e. The lowest BCUT2D eigenvalue weighted by molar-refractivity contribution is -0.137. The van der Waals surface area contributed by atoms with Gasteiger partial charge in [-0.3, -0.25) is 4.79 Å². The van der Waals surface area contributed by atoms with E-state index in [4.69, 9.17) is 5.73 Å². The Kier molecular flexibility index (Phi) is 3.60. The van der Waals surface area contributed by atoms with Crippen LogP contribution in [0.25, 0.3) is 0 Å². The van der Waals surface area contributed by atoms with E-state index in [1.807, 2.05) is 0 Å². The third-order valence-electron chi connectivity index (χ3n) is 3.83. The van der Waals surface area contributed by atoms with Gasteiger partial charge in [-0.25, -0.2) is 4.39 Å². The number of amides is 1. The van der Waals surface area contributed by atoms with Crippen LogP contribution in [-0.4, -0.2) is 11.9 Å². The van der Waals surface area contributed by atoms with Gasteiger partial charge in [0, 0.05) is 5.69 Å². The zero-order chi connectivity index (χ0) is 16.8. The van der Waals surface area contributed by atoms with E-state index in [0.29, 0.717) is 11.3 Å². The molecular formula is C16H12F4N2O. The van der Waals surface area contributed by atoms with Crippen LogP contribution in [0.3, 0.4) is 0 Å². The molecule has 3 rings (SSSR count). The number of carbonyl (C=O) groups is 1. The monoisotopic (exact) mass is 324 g/mol. The molecule has 0 unspecified atom stereocenters. The number of benzene rings is 2. The highest BCUT2D eigenvalue weighted by Crippen LogP contribution is 2.39. The Hall–Kier alpha value is -2.41. The van der Waals surface area contributed by atoms with Crippen LogP contribution in [0.2, 0.25) is 0 Å². The fourth-order valence-electron chi connectivity index (χ4n) is 2.63. The largest absolute Gasteiger partial charge is 0.416 e. The first kappa shape index (κ1) is 15.5. The van der Waals surface area contributed by atoms with E-state index >= 15 is 0 Å². The molecule has 1 amide bonds. The van der Waals surface area contributed by atoms with E-state index in [-0.39, 0.29) is 5.91 Å².